The Balaban J connectivity index is 1.52. The number of fused-ring (bicyclic) bond motifs is 1. The second kappa shape index (κ2) is 9.64. The van der Waals surface area contributed by atoms with Crippen LogP contribution in [-0.2, 0) is 4.79 Å². The largest absolute Gasteiger partial charge is 0.493 e. The molecule has 164 valence electrons. The highest BCUT2D eigenvalue weighted by Crippen LogP contribution is 2.32. The third-order valence-corrected chi connectivity index (χ3v) is 5.73. The van der Waals surface area contributed by atoms with Gasteiger partial charge in [0.15, 0.2) is 23.0 Å². The predicted octanol–water partition coefficient (Wildman–Crippen LogP) is 4.85. The number of carbonyl (C=O) groups is 1. The van der Waals surface area contributed by atoms with E-state index in [2.05, 4.69) is 20.6 Å². The number of halogens is 2. The SMILES string of the molecule is COc1ccc(-c2nnc3ccc(SCC(=O)Nc4cc(Cl)cc(Cl)c4)nn23)cc1OC. The Kier molecular flexibility index (Phi) is 6.69. The van der Waals surface area contributed by atoms with Gasteiger partial charge in [-0.15, -0.1) is 10.2 Å². The molecule has 1 amide bonds. The monoisotopic (exact) mass is 489 g/mol. The number of aromatic nitrogens is 4. The minimum atomic E-state index is -0.209. The summed E-state index contributed by atoms with van der Waals surface area (Å²) in [7, 11) is 3.14. The van der Waals surface area contributed by atoms with Crippen molar-refractivity contribution in [3.63, 3.8) is 0 Å². The summed E-state index contributed by atoms with van der Waals surface area (Å²) < 4.78 is 12.3. The highest BCUT2D eigenvalue weighted by atomic mass is 35.5. The van der Waals surface area contributed by atoms with Gasteiger partial charge in [0.05, 0.1) is 20.0 Å². The van der Waals surface area contributed by atoms with E-state index in [0.717, 1.165) is 5.56 Å². The van der Waals surface area contributed by atoms with Crippen LogP contribution in [0.5, 0.6) is 11.5 Å². The van der Waals surface area contributed by atoms with Gasteiger partial charge in [0.1, 0.15) is 5.03 Å². The van der Waals surface area contributed by atoms with Crippen LogP contribution in [-0.4, -0.2) is 45.7 Å². The Morgan fingerprint density at radius 2 is 1.75 bits per heavy atom. The quantitative estimate of drug-likeness (QED) is 0.371. The van der Waals surface area contributed by atoms with E-state index < -0.39 is 0 Å². The second-order valence-corrected chi connectivity index (χ2v) is 8.40. The van der Waals surface area contributed by atoms with Crippen LogP contribution >= 0.6 is 35.0 Å². The van der Waals surface area contributed by atoms with Gasteiger partial charge in [0, 0.05) is 21.3 Å². The molecule has 11 heteroatoms. The molecule has 0 aliphatic rings. The molecule has 0 radical (unpaired) electrons. The maximum atomic E-state index is 12.3. The van der Waals surface area contributed by atoms with Crippen LogP contribution in [0.3, 0.4) is 0 Å². The molecule has 32 heavy (non-hydrogen) atoms. The van der Waals surface area contributed by atoms with E-state index in [0.29, 0.717) is 43.7 Å². The van der Waals surface area contributed by atoms with Crippen LogP contribution in [0.15, 0.2) is 53.6 Å². The molecule has 0 saturated carbocycles. The lowest BCUT2D eigenvalue weighted by Crippen LogP contribution is -2.14. The Bertz CT molecular complexity index is 1280. The summed E-state index contributed by atoms with van der Waals surface area (Å²) in [4.78, 5) is 12.3. The van der Waals surface area contributed by atoms with Crippen molar-refractivity contribution in [2.24, 2.45) is 0 Å². The molecule has 0 bridgehead atoms. The van der Waals surface area contributed by atoms with Gasteiger partial charge in [-0.3, -0.25) is 4.79 Å². The maximum Gasteiger partial charge on any atom is 0.234 e. The van der Waals surface area contributed by atoms with Crippen molar-refractivity contribution in [1.29, 1.82) is 0 Å². The second-order valence-electron chi connectivity index (χ2n) is 6.53. The Morgan fingerprint density at radius 3 is 2.47 bits per heavy atom. The predicted molar refractivity (Wildman–Crippen MR) is 125 cm³/mol. The van der Waals surface area contributed by atoms with E-state index in [4.69, 9.17) is 32.7 Å². The molecule has 0 atom stereocenters. The number of hydrogen-bond acceptors (Lipinski definition) is 7. The molecule has 0 fully saturated rings. The van der Waals surface area contributed by atoms with Gasteiger partial charge in [-0.05, 0) is 48.5 Å². The number of anilines is 1. The van der Waals surface area contributed by atoms with Gasteiger partial charge in [-0.25, -0.2) is 0 Å². The fourth-order valence-electron chi connectivity index (χ4n) is 2.97. The summed E-state index contributed by atoms with van der Waals surface area (Å²) >= 11 is 13.2. The molecule has 4 rings (SSSR count). The average Bonchev–Trinajstić information content (AvgIpc) is 3.19. The number of hydrogen-bond donors (Lipinski definition) is 1. The number of nitrogens with one attached hydrogen (secondary N) is 1. The van der Waals surface area contributed by atoms with Crippen LogP contribution in [0.2, 0.25) is 10.0 Å². The lowest BCUT2D eigenvalue weighted by molar-refractivity contribution is -0.113. The van der Waals surface area contributed by atoms with Crippen molar-refractivity contribution in [1.82, 2.24) is 19.8 Å². The summed E-state index contributed by atoms with van der Waals surface area (Å²) in [5, 5.41) is 17.3. The van der Waals surface area contributed by atoms with E-state index in [1.807, 2.05) is 6.07 Å². The van der Waals surface area contributed by atoms with Crippen molar-refractivity contribution in [3.8, 4) is 22.9 Å². The normalized spacial score (nSPS) is 10.9. The number of thioether (sulfide) groups is 1. The lowest BCUT2D eigenvalue weighted by Gasteiger charge is -2.09. The first-order chi connectivity index (χ1) is 15.5. The number of ether oxygens (including phenoxy) is 2. The zero-order valence-corrected chi connectivity index (χ0v) is 19.3. The van der Waals surface area contributed by atoms with Gasteiger partial charge in [0.2, 0.25) is 5.91 Å². The molecule has 0 aliphatic carbocycles. The summed E-state index contributed by atoms with van der Waals surface area (Å²) in [5.74, 6) is 1.67. The first kappa shape index (κ1) is 22.2. The Hall–Kier alpha value is -3.01. The molecule has 2 heterocycles. The van der Waals surface area contributed by atoms with Crippen LogP contribution < -0.4 is 14.8 Å². The van der Waals surface area contributed by atoms with Gasteiger partial charge in [0.25, 0.3) is 0 Å². The summed E-state index contributed by atoms with van der Waals surface area (Å²) in [6, 6.07) is 13.9. The van der Waals surface area contributed by atoms with Crippen LogP contribution in [0.1, 0.15) is 0 Å². The number of methoxy groups -OCH3 is 2. The molecule has 0 unspecified atom stereocenters. The smallest absolute Gasteiger partial charge is 0.234 e. The van der Waals surface area contributed by atoms with Crippen LogP contribution in [0.25, 0.3) is 17.0 Å². The van der Waals surface area contributed by atoms with Crippen molar-refractivity contribution in [2.75, 3.05) is 25.3 Å². The summed E-state index contributed by atoms with van der Waals surface area (Å²) in [6.45, 7) is 0. The zero-order chi connectivity index (χ0) is 22.7. The van der Waals surface area contributed by atoms with E-state index in [9.17, 15) is 4.79 Å². The number of carbonyl (C=O) groups excluding carboxylic acids is 1. The lowest BCUT2D eigenvalue weighted by atomic mass is 10.2. The molecule has 0 aliphatic heterocycles. The third kappa shape index (κ3) is 4.90. The number of nitrogens with zero attached hydrogens (tertiary/aromatic N) is 4. The van der Waals surface area contributed by atoms with E-state index in [-0.39, 0.29) is 11.7 Å². The number of benzene rings is 2. The third-order valence-electron chi connectivity index (χ3n) is 4.38. The van der Waals surface area contributed by atoms with Crippen LogP contribution in [0.4, 0.5) is 5.69 Å². The van der Waals surface area contributed by atoms with Crippen molar-refractivity contribution >= 4 is 52.2 Å². The maximum absolute atomic E-state index is 12.3. The zero-order valence-electron chi connectivity index (χ0n) is 17.0. The van der Waals surface area contributed by atoms with Crippen LogP contribution in [0, 0.1) is 0 Å². The molecule has 8 nitrogen and oxygen atoms in total. The molecule has 1 N–H and O–H groups in total. The van der Waals surface area contributed by atoms with E-state index >= 15 is 0 Å². The van der Waals surface area contributed by atoms with Crippen molar-refractivity contribution in [3.05, 3.63) is 58.6 Å². The highest BCUT2D eigenvalue weighted by molar-refractivity contribution is 7.99. The molecule has 0 saturated heterocycles. The number of amides is 1. The molecule has 4 aromatic rings. The summed E-state index contributed by atoms with van der Waals surface area (Å²) in [6.07, 6.45) is 0. The van der Waals surface area contributed by atoms with Crippen molar-refractivity contribution < 1.29 is 14.3 Å². The fourth-order valence-corrected chi connectivity index (χ4v) is 4.15. The molecule has 0 spiro atoms. The van der Waals surface area contributed by atoms with E-state index in [1.165, 1.54) is 11.8 Å². The van der Waals surface area contributed by atoms with Gasteiger partial charge in [-0.2, -0.15) is 9.61 Å². The summed E-state index contributed by atoms with van der Waals surface area (Å²) in [5.41, 5.74) is 1.88. The Morgan fingerprint density at radius 1 is 1.00 bits per heavy atom. The van der Waals surface area contributed by atoms with Gasteiger partial charge in [-0.1, -0.05) is 35.0 Å². The standard InChI is InChI=1S/C21H17Cl2N5O3S/c1-30-16-4-3-12(7-17(16)31-2)21-26-25-18-5-6-20(27-28(18)21)32-11-19(29)24-15-9-13(22)8-14(23)10-15/h3-10H,11H2,1-2H3,(H,24,29). The minimum absolute atomic E-state index is 0.149. The molecule has 2 aromatic heterocycles. The van der Waals surface area contributed by atoms with Crippen molar-refractivity contribution in [2.45, 2.75) is 5.03 Å². The van der Waals surface area contributed by atoms with Gasteiger partial charge >= 0.3 is 0 Å². The number of rotatable bonds is 7. The average molecular weight is 490 g/mol. The molecular formula is C21H17Cl2N5O3S. The highest BCUT2D eigenvalue weighted by Gasteiger charge is 2.14. The fraction of sp³-hybridized carbons (Fsp3) is 0.143. The molecule has 2 aromatic carbocycles. The Labute approximate surface area is 197 Å². The minimum Gasteiger partial charge on any atom is -0.493 e. The van der Waals surface area contributed by atoms with Gasteiger partial charge < -0.3 is 14.8 Å². The topological polar surface area (TPSA) is 90.6 Å². The molecular weight excluding hydrogens is 473 g/mol. The first-order valence-electron chi connectivity index (χ1n) is 9.30. The van der Waals surface area contributed by atoms with E-state index in [1.54, 1.807) is 61.2 Å². The first-order valence-corrected chi connectivity index (χ1v) is 11.0.